The van der Waals surface area contributed by atoms with Crippen LogP contribution in [0.15, 0.2) is 11.1 Å². The Labute approximate surface area is 151 Å². The Morgan fingerprint density at radius 1 is 0.963 bits per heavy atom. The van der Waals surface area contributed by atoms with E-state index in [1.165, 1.54) is 0 Å². The van der Waals surface area contributed by atoms with E-state index in [0.29, 0.717) is 0 Å². The smallest absolute Gasteiger partial charge is 0.354 e. The maximum Gasteiger partial charge on any atom is 0.354 e. The highest BCUT2D eigenvalue weighted by atomic mass is 16.6. The van der Waals surface area contributed by atoms with E-state index in [2.05, 4.69) is 14.7 Å². The topological polar surface area (TPSA) is 234 Å². The second kappa shape index (κ2) is 8.96. The lowest BCUT2D eigenvalue weighted by Crippen LogP contribution is -2.36. The standard InChI is InChI=1S/C8H12N4O5.C5H10O5/c9-7-10-2-12(8(16)11-7)6-5(15)4(14)3(1-13)17-6;6-1-2-3(7)4(8)5(9)10-2/h2-6,13-15H,1H2,(H2,9,11,16);2-9H,1H2/t3-,4-,5-,6-;2-,3-,4+,5-/m11/s1. The average molecular weight is 394 g/mol. The van der Waals surface area contributed by atoms with Gasteiger partial charge in [-0.05, 0) is 0 Å². The number of hydrogen-bond donors (Lipinski definition) is 8. The molecule has 14 heteroatoms. The fourth-order valence-corrected chi connectivity index (χ4v) is 2.52. The summed E-state index contributed by atoms with van der Waals surface area (Å²) in [5, 5.41) is 63.0. The van der Waals surface area contributed by atoms with Crippen LogP contribution in [0.1, 0.15) is 6.23 Å². The summed E-state index contributed by atoms with van der Waals surface area (Å²) in [5.41, 5.74) is 4.46. The molecule has 0 bridgehead atoms. The van der Waals surface area contributed by atoms with E-state index in [1.54, 1.807) is 0 Å². The molecule has 27 heavy (non-hydrogen) atoms. The van der Waals surface area contributed by atoms with Gasteiger partial charge in [0.1, 0.15) is 43.0 Å². The number of anilines is 1. The first-order valence-corrected chi connectivity index (χ1v) is 7.84. The van der Waals surface area contributed by atoms with Crippen LogP contribution in [-0.4, -0.2) is 106 Å². The second-order valence-electron chi connectivity index (χ2n) is 5.86. The number of nitrogen functional groups attached to an aromatic ring is 1. The van der Waals surface area contributed by atoms with E-state index < -0.39 is 68.0 Å². The summed E-state index contributed by atoms with van der Waals surface area (Å²) in [7, 11) is 0. The summed E-state index contributed by atoms with van der Waals surface area (Å²) in [6, 6.07) is 0. The van der Waals surface area contributed by atoms with Crippen molar-refractivity contribution in [2.75, 3.05) is 18.9 Å². The van der Waals surface area contributed by atoms with Crippen LogP contribution in [0.4, 0.5) is 5.95 Å². The molecule has 14 nitrogen and oxygen atoms in total. The van der Waals surface area contributed by atoms with Gasteiger partial charge in [0, 0.05) is 0 Å². The monoisotopic (exact) mass is 394 g/mol. The summed E-state index contributed by atoms with van der Waals surface area (Å²) in [6.45, 7) is -0.880. The van der Waals surface area contributed by atoms with Gasteiger partial charge in [-0.1, -0.05) is 0 Å². The Kier molecular flexibility index (Phi) is 7.15. The molecule has 0 aliphatic carbocycles. The largest absolute Gasteiger partial charge is 0.394 e. The zero-order chi connectivity index (χ0) is 20.3. The third-order valence-corrected chi connectivity index (χ3v) is 4.05. The lowest BCUT2D eigenvalue weighted by atomic mass is 10.1. The number of ether oxygens (including phenoxy) is 2. The van der Waals surface area contributed by atoms with Crippen molar-refractivity contribution in [3.8, 4) is 0 Å². The minimum atomic E-state index is -1.38. The molecular weight excluding hydrogens is 372 g/mol. The number of aliphatic hydroxyl groups excluding tert-OH is 7. The maximum atomic E-state index is 11.5. The SMILES string of the molecule is Nc1ncn([C@@H]2O[C@H](CO)[C@@H](O)[C@H]2O)c(=O)n1.OC[C@H]1O[C@@H](O)[C@@H](O)[C@@H]1O. The molecule has 0 aromatic carbocycles. The summed E-state index contributed by atoms with van der Waals surface area (Å²) < 4.78 is 10.6. The Bertz CT molecular complexity index is 675. The number of nitrogens with two attached hydrogens (primary N) is 1. The zero-order valence-corrected chi connectivity index (χ0v) is 13.9. The molecule has 0 amide bonds. The molecule has 1 aromatic heterocycles. The van der Waals surface area contributed by atoms with Gasteiger partial charge in [-0.2, -0.15) is 4.98 Å². The van der Waals surface area contributed by atoms with E-state index in [0.717, 1.165) is 10.9 Å². The van der Waals surface area contributed by atoms with Crippen molar-refractivity contribution in [3.05, 3.63) is 16.8 Å². The van der Waals surface area contributed by atoms with Crippen molar-refractivity contribution in [1.29, 1.82) is 0 Å². The molecule has 0 spiro atoms. The van der Waals surface area contributed by atoms with Crippen LogP contribution in [0.25, 0.3) is 0 Å². The third kappa shape index (κ3) is 4.57. The number of aliphatic hydroxyl groups is 7. The molecule has 2 aliphatic heterocycles. The Hall–Kier alpha value is -1.75. The maximum absolute atomic E-state index is 11.5. The molecule has 9 N–H and O–H groups in total. The summed E-state index contributed by atoms with van der Waals surface area (Å²) >= 11 is 0. The van der Waals surface area contributed by atoms with Crippen LogP contribution in [0.5, 0.6) is 0 Å². The fraction of sp³-hybridized carbons (Fsp3) is 0.769. The normalized spacial score (nSPS) is 38.5. The predicted molar refractivity (Wildman–Crippen MR) is 83.7 cm³/mol. The van der Waals surface area contributed by atoms with Crippen LogP contribution in [-0.2, 0) is 9.47 Å². The molecule has 154 valence electrons. The minimum Gasteiger partial charge on any atom is -0.394 e. The van der Waals surface area contributed by atoms with E-state index in [-0.39, 0.29) is 5.95 Å². The van der Waals surface area contributed by atoms with Gasteiger partial charge in [-0.25, -0.2) is 9.78 Å². The van der Waals surface area contributed by atoms with E-state index in [1.807, 2.05) is 0 Å². The average Bonchev–Trinajstić information content (AvgIpc) is 3.06. The molecule has 0 radical (unpaired) electrons. The van der Waals surface area contributed by atoms with Crippen LogP contribution in [0.3, 0.4) is 0 Å². The van der Waals surface area contributed by atoms with Crippen LogP contribution >= 0.6 is 0 Å². The first kappa shape index (κ1) is 21.5. The van der Waals surface area contributed by atoms with Crippen molar-refractivity contribution in [2.24, 2.45) is 0 Å². The molecule has 1 aromatic rings. The van der Waals surface area contributed by atoms with Gasteiger partial charge in [0.2, 0.25) is 5.95 Å². The lowest BCUT2D eigenvalue weighted by Gasteiger charge is -2.16. The summed E-state index contributed by atoms with van der Waals surface area (Å²) in [5.74, 6) is -0.196. The molecule has 8 atom stereocenters. The van der Waals surface area contributed by atoms with Crippen LogP contribution in [0.2, 0.25) is 0 Å². The Morgan fingerprint density at radius 3 is 1.93 bits per heavy atom. The van der Waals surface area contributed by atoms with E-state index in [9.17, 15) is 15.0 Å². The predicted octanol–water partition coefficient (Wildman–Crippen LogP) is -5.75. The highest BCUT2D eigenvalue weighted by Crippen LogP contribution is 2.27. The molecule has 2 fully saturated rings. The van der Waals surface area contributed by atoms with Crippen LogP contribution < -0.4 is 11.4 Å². The highest BCUT2D eigenvalue weighted by molar-refractivity contribution is 5.10. The number of nitrogens with zero attached hydrogens (tertiary/aromatic N) is 3. The minimum absolute atomic E-state index is 0.196. The molecule has 0 unspecified atom stereocenters. The van der Waals surface area contributed by atoms with Crippen molar-refractivity contribution >= 4 is 5.95 Å². The zero-order valence-electron chi connectivity index (χ0n) is 13.9. The van der Waals surface area contributed by atoms with Gasteiger partial charge in [0.15, 0.2) is 12.5 Å². The molecule has 2 aliphatic rings. The van der Waals surface area contributed by atoms with Gasteiger partial charge >= 0.3 is 5.69 Å². The molecule has 2 saturated heterocycles. The van der Waals surface area contributed by atoms with Gasteiger partial charge < -0.3 is 51.0 Å². The Balaban J connectivity index is 0.000000223. The Morgan fingerprint density at radius 2 is 1.52 bits per heavy atom. The van der Waals surface area contributed by atoms with Crippen molar-refractivity contribution in [1.82, 2.24) is 14.5 Å². The summed E-state index contributed by atoms with van der Waals surface area (Å²) in [6.07, 6.45) is -8.43. The van der Waals surface area contributed by atoms with Gasteiger partial charge in [-0.15, -0.1) is 0 Å². The quantitative estimate of drug-likeness (QED) is 0.239. The first-order valence-electron chi connectivity index (χ1n) is 7.84. The van der Waals surface area contributed by atoms with E-state index >= 15 is 0 Å². The van der Waals surface area contributed by atoms with Crippen molar-refractivity contribution in [3.63, 3.8) is 0 Å². The lowest BCUT2D eigenvalue weighted by molar-refractivity contribution is -0.132. The van der Waals surface area contributed by atoms with Crippen LogP contribution in [0, 0.1) is 0 Å². The van der Waals surface area contributed by atoms with Gasteiger partial charge in [0.25, 0.3) is 0 Å². The fourth-order valence-electron chi connectivity index (χ4n) is 2.52. The van der Waals surface area contributed by atoms with Crippen molar-refractivity contribution in [2.45, 2.75) is 49.1 Å². The van der Waals surface area contributed by atoms with Gasteiger partial charge in [0.05, 0.1) is 13.2 Å². The molecule has 3 heterocycles. The highest BCUT2D eigenvalue weighted by Gasteiger charge is 2.44. The second-order valence-corrected chi connectivity index (χ2v) is 5.86. The summed E-state index contributed by atoms with van der Waals surface area (Å²) in [4.78, 5) is 18.4. The third-order valence-electron chi connectivity index (χ3n) is 4.05. The van der Waals surface area contributed by atoms with E-state index in [4.69, 9.17) is 36.0 Å². The first-order chi connectivity index (χ1) is 12.7. The molecule has 0 saturated carbocycles. The van der Waals surface area contributed by atoms with Gasteiger partial charge in [-0.3, -0.25) is 4.57 Å². The number of rotatable bonds is 3. The number of aromatic nitrogens is 3. The molecule has 3 rings (SSSR count). The number of hydrogen-bond acceptors (Lipinski definition) is 13. The van der Waals surface area contributed by atoms with Crippen molar-refractivity contribution < 1.29 is 45.2 Å². The molecular formula is C13H22N4O10.